The standard InChI is InChI=1S/C15H28/c1-3-5-7-9-11-13-15-14-12-10-8-6-4-2/h3,10,12H,1,4-9,11,13-15H2,2H3. The van der Waals surface area contributed by atoms with Crippen LogP contribution >= 0.6 is 0 Å². The van der Waals surface area contributed by atoms with E-state index in [0.29, 0.717) is 0 Å². The Labute approximate surface area is 96.5 Å². The lowest BCUT2D eigenvalue weighted by molar-refractivity contribution is 0.621. The van der Waals surface area contributed by atoms with Gasteiger partial charge in [0.15, 0.2) is 0 Å². The second-order valence-electron chi connectivity index (χ2n) is 4.25. The quantitative estimate of drug-likeness (QED) is 0.304. The van der Waals surface area contributed by atoms with E-state index in [0.717, 1.165) is 0 Å². The third kappa shape index (κ3) is 13.5. The molecule has 0 amide bonds. The summed E-state index contributed by atoms with van der Waals surface area (Å²) in [6.45, 7) is 5.98. The van der Waals surface area contributed by atoms with Crippen molar-refractivity contribution in [2.45, 2.75) is 71.1 Å². The maximum atomic E-state index is 3.73. The summed E-state index contributed by atoms with van der Waals surface area (Å²) in [6, 6.07) is 0. The predicted molar refractivity (Wildman–Crippen MR) is 71.2 cm³/mol. The Balaban J connectivity index is 2.97. The Morgan fingerprint density at radius 2 is 1.27 bits per heavy atom. The number of unbranched alkanes of at least 4 members (excludes halogenated alkanes) is 8. The van der Waals surface area contributed by atoms with Gasteiger partial charge in [-0.3, -0.25) is 0 Å². The average molecular weight is 208 g/mol. The Kier molecular flexibility index (Phi) is 13.0. The zero-order chi connectivity index (χ0) is 11.2. The highest BCUT2D eigenvalue weighted by Crippen LogP contribution is 2.08. The molecular weight excluding hydrogens is 180 g/mol. The van der Waals surface area contributed by atoms with Gasteiger partial charge in [-0.25, -0.2) is 0 Å². The normalized spacial score (nSPS) is 11.0. The summed E-state index contributed by atoms with van der Waals surface area (Å²) in [5.41, 5.74) is 0. The van der Waals surface area contributed by atoms with Gasteiger partial charge in [0.2, 0.25) is 0 Å². The Bertz CT molecular complexity index is 144. The second kappa shape index (κ2) is 13.5. The molecule has 0 N–H and O–H groups in total. The molecule has 0 radical (unpaired) electrons. The van der Waals surface area contributed by atoms with Crippen molar-refractivity contribution in [1.29, 1.82) is 0 Å². The summed E-state index contributed by atoms with van der Waals surface area (Å²) in [5, 5.41) is 0. The predicted octanol–water partition coefficient (Wildman–Crippen LogP) is 5.65. The molecule has 0 unspecified atom stereocenters. The first-order chi connectivity index (χ1) is 7.41. The highest BCUT2D eigenvalue weighted by atomic mass is 13.9. The van der Waals surface area contributed by atoms with Gasteiger partial charge >= 0.3 is 0 Å². The van der Waals surface area contributed by atoms with Crippen LogP contribution in [0.1, 0.15) is 71.1 Å². The van der Waals surface area contributed by atoms with Crippen molar-refractivity contribution in [1.82, 2.24) is 0 Å². The van der Waals surface area contributed by atoms with E-state index in [4.69, 9.17) is 0 Å². The van der Waals surface area contributed by atoms with Gasteiger partial charge in [0, 0.05) is 0 Å². The molecule has 15 heavy (non-hydrogen) atoms. The summed E-state index contributed by atoms with van der Waals surface area (Å²) in [5.74, 6) is 0. The zero-order valence-corrected chi connectivity index (χ0v) is 10.5. The first-order valence-corrected chi connectivity index (χ1v) is 6.67. The van der Waals surface area contributed by atoms with Gasteiger partial charge in [-0.15, -0.1) is 6.58 Å². The molecule has 0 aliphatic rings. The second-order valence-corrected chi connectivity index (χ2v) is 4.25. The number of hydrogen-bond acceptors (Lipinski definition) is 0. The molecule has 0 aliphatic heterocycles. The summed E-state index contributed by atoms with van der Waals surface area (Å²) in [4.78, 5) is 0. The fraction of sp³-hybridized carbons (Fsp3) is 0.733. The van der Waals surface area contributed by atoms with Crippen LogP contribution < -0.4 is 0 Å². The molecule has 0 heteroatoms. The molecule has 0 heterocycles. The first-order valence-electron chi connectivity index (χ1n) is 6.67. The number of rotatable bonds is 11. The highest BCUT2D eigenvalue weighted by Gasteiger charge is 1.88. The fourth-order valence-electron chi connectivity index (χ4n) is 1.64. The Morgan fingerprint density at radius 3 is 1.87 bits per heavy atom. The van der Waals surface area contributed by atoms with Crippen molar-refractivity contribution in [3.05, 3.63) is 24.8 Å². The smallest absolute Gasteiger partial charge is 0.0351 e. The minimum Gasteiger partial charge on any atom is -0.103 e. The van der Waals surface area contributed by atoms with E-state index in [-0.39, 0.29) is 0 Å². The molecule has 0 rings (SSSR count). The monoisotopic (exact) mass is 208 g/mol. The van der Waals surface area contributed by atoms with Gasteiger partial charge in [0.25, 0.3) is 0 Å². The van der Waals surface area contributed by atoms with Crippen LogP contribution in [0.3, 0.4) is 0 Å². The maximum absolute atomic E-state index is 3.73. The van der Waals surface area contributed by atoms with E-state index in [2.05, 4.69) is 25.7 Å². The van der Waals surface area contributed by atoms with Crippen molar-refractivity contribution in [3.8, 4) is 0 Å². The van der Waals surface area contributed by atoms with Gasteiger partial charge in [-0.2, -0.15) is 0 Å². The molecule has 0 aromatic carbocycles. The van der Waals surface area contributed by atoms with Crippen LogP contribution in [0.15, 0.2) is 24.8 Å². The number of allylic oxidation sites excluding steroid dienone is 3. The molecule has 0 atom stereocenters. The summed E-state index contributed by atoms with van der Waals surface area (Å²) in [7, 11) is 0. The van der Waals surface area contributed by atoms with Gasteiger partial charge < -0.3 is 0 Å². The van der Waals surface area contributed by atoms with E-state index < -0.39 is 0 Å². The molecular formula is C15H28. The maximum Gasteiger partial charge on any atom is -0.0351 e. The molecule has 0 spiro atoms. The van der Waals surface area contributed by atoms with Crippen LogP contribution in [0.5, 0.6) is 0 Å². The molecule has 0 aliphatic carbocycles. The molecule has 0 saturated heterocycles. The van der Waals surface area contributed by atoms with Crippen LogP contribution in [-0.2, 0) is 0 Å². The zero-order valence-electron chi connectivity index (χ0n) is 10.5. The van der Waals surface area contributed by atoms with Crippen LogP contribution in [0, 0.1) is 0 Å². The lowest BCUT2D eigenvalue weighted by Gasteiger charge is -1.97. The lowest BCUT2D eigenvalue weighted by atomic mass is 10.1. The van der Waals surface area contributed by atoms with Gasteiger partial charge in [-0.05, 0) is 32.1 Å². The van der Waals surface area contributed by atoms with E-state index in [1.54, 1.807) is 0 Å². The van der Waals surface area contributed by atoms with Crippen molar-refractivity contribution in [3.63, 3.8) is 0 Å². The number of hydrogen-bond donors (Lipinski definition) is 0. The third-order valence-electron chi connectivity index (χ3n) is 2.67. The van der Waals surface area contributed by atoms with Gasteiger partial charge in [-0.1, -0.05) is 57.3 Å². The van der Waals surface area contributed by atoms with Crippen LogP contribution in [0.4, 0.5) is 0 Å². The van der Waals surface area contributed by atoms with Crippen LogP contribution in [0.25, 0.3) is 0 Å². The molecule has 0 aromatic rings. The van der Waals surface area contributed by atoms with E-state index in [1.807, 2.05) is 6.08 Å². The molecule has 0 fully saturated rings. The van der Waals surface area contributed by atoms with Crippen molar-refractivity contribution in [2.75, 3.05) is 0 Å². The first kappa shape index (κ1) is 14.5. The largest absolute Gasteiger partial charge is 0.103 e. The summed E-state index contributed by atoms with van der Waals surface area (Å²) < 4.78 is 0. The van der Waals surface area contributed by atoms with Crippen molar-refractivity contribution >= 4 is 0 Å². The van der Waals surface area contributed by atoms with E-state index in [9.17, 15) is 0 Å². The van der Waals surface area contributed by atoms with E-state index >= 15 is 0 Å². The van der Waals surface area contributed by atoms with Crippen LogP contribution in [-0.4, -0.2) is 0 Å². The van der Waals surface area contributed by atoms with Crippen molar-refractivity contribution < 1.29 is 0 Å². The van der Waals surface area contributed by atoms with Crippen molar-refractivity contribution in [2.24, 2.45) is 0 Å². The van der Waals surface area contributed by atoms with E-state index in [1.165, 1.54) is 64.2 Å². The SMILES string of the molecule is C=CCCCCCCCC=CCCCC. The lowest BCUT2D eigenvalue weighted by Crippen LogP contribution is -1.78. The summed E-state index contributed by atoms with van der Waals surface area (Å²) in [6.07, 6.45) is 20.0. The minimum absolute atomic E-state index is 1.19. The average Bonchev–Trinajstić information content (AvgIpc) is 2.26. The molecule has 0 aromatic heterocycles. The topological polar surface area (TPSA) is 0 Å². The summed E-state index contributed by atoms with van der Waals surface area (Å²) >= 11 is 0. The van der Waals surface area contributed by atoms with Gasteiger partial charge in [0.1, 0.15) is 0 Å². The Morgan fingerprint density at radius 1 is 0.733 bits per heavy atom. The minimum atomic E-state index is 1.19. The highest BCUT2D eigenvalue weighted by molar-refractivity contribution is 4.81. The Hall–Kier alpha value is -0.520. The molecule has 0 nitrogen and oxygen atoms in total. The fourth-order valence-corrected chi connectivity index (χ4v) is 1.64. The molecule has 88 valence electrons. The third-order valence-corrected chi connectivity index (χ3v) is 2.67. The van der Waals surface area contributed by atoms with Crippen LogP contribution in [0.2, 0.25) is 0 Å². The molecule has 0 saturated carbocycles. The molecule has 0 bridgehead atoms. The van der Waals surface area contributed by atoms with Gasteiger partial charge in [0.05, 0.1) is 0 Å².